The number of morpholine rings is 1. The average Bonchev–Trinajstić information content (AvgIpc) is 3.29. The lowest BCUT2D eigenvalue weighted by Gasteiger charge is -2.33. The van der Waals surface area contributed by atoms with Gasteiger partial charge in [0.05, 0.1) is 19.8 Å². The molecule has 4 rings (SSSR count). The number of benzene rings is 2. The molecule has 0 saturated carbocycles. The zero-order valence-electron chi connectivity index (χ0n) is 16.7. The maximum absolute atomic E-state index is 13.8. The van der Waals surface area contributed by atoms with Gasteiger partial charge in [-0.15, -0.1) is 10.2 Å². The largest absolute Gasteiger partial charge is 0.470 e. The van der Waals surface area contributed by atoms with E-state index in [0.29, 0.717) is 43.1 Å². The van der Waals surface area contributed by atoms with Gasteiger partial charge >= 0.3 is 18.1 Å². The number of amides is 2. The van der Waals surface area contributed by atoms with Crippen LogP contribution in [0.1, 0.15) is 11.5 Å². The van der Waals surface area contributed by atoms with Crippen molar-refractivity contribution in [3.05, 3.63) is 65.8 Å². The summed E-state index contributed by atoms with van der Waals surface area (Å²) in [7, 11) is 0. The summed E-state index contributed by atoms with van der Waals surface area (Å²) < 4.78 is 61.8. The molecule has 0 atom stereocenters. The number of hydrogen-bond donors (Lipinski definition) is 0. The Kier molecular flexibility index (Phi) is 6.08. The SMILES string of the molecule is O=C(N1CCOCC1)N(Cc1ccc(-c2nnc(C(F)(F)F)o2)cc1)c1cccc(F)c1. The minimum atomic E-state index is -4.73. The van der Waals surface area contributed by atoms with Gasteiger partial charge in [-0.1, -0.05) is 18.2 Å². The predicted octanol–water partition coefficient (Wildman–Crippen LogP) is 4.35. The van der Waals surface area contributed by atoms with Gasteiger partial charge in [0.2, 0.25) is 5.89 Å². The zero-order valence-corrected chi connectivity index (χ0v) is 16.7. The number of nitrogens with zero attached hydrogens (tertiary/aromatic N) is 4. The van der Waals surface area contributed by atoms with Gasteiger partial charge in [-0.3, -0.25) is 4.90 Å². The summed E-state index contributed by atoms with van der Waals surface area (Å²) in [6, 6.07) is 11.7. The fourth-order valence-corrected chi connectivity index (χ4v) is 3.23. The van der Waals surface area contributed by atoms with Crippen molar-refractivity contribution in [2.75, 3.05) is 31.2 Å². The number of carbonyl (C=O) groups excluding carboxylic acids is 1. The molecule has 2 amide bonds. The van der Waals surface area contributed by atoms with Crippen LogP contribution in [0.5, 0.6) is 0 Å². The predicted molar refractivity (Wildman–Crippen MR) is 105 cm³/mol. The smallest absolute Gasteiger partial charge is 0.413 e. The topological polar surface area (TPSA) is 71.7 Å². The number of aromatic nitrogens is 2. The van der Waals surface area contributed by atoms with Crippen LogP contribution in [-0.4, -0.2) is 47.4 Å². The average molecular weight is 450 g/mol. The van der Waals surface area contributed by atoms with E-state index in [-0.39, 0.29) is 18.5 Å². The van der Waals surface area contributed by atoms with Gasteiger partial charge in [-0.2, -0.15) is 13.2 Å². The van der Waals surface area contributed by atoms with Crippen molar-refractivity contribution in [3.8, 4) is 11.5 Å². The quantitative estimate of drug-likeness (QED) is 0.553. The molecular formula is C21H18F4N4O3. The molecule has 1 aliphatic heterocycles. The zero-order chi connectivity index (χ0) is 22.7. The Hall–Kier alpha value is -3.47. The highest BCUT2D eigenvalue weighted by Crippen LogP contribution is 2.30. The molecule has 0 N–H and O–H groups in total. The van der Waals surface area contributed by atoms with Crippen LogP contribution in [0.15, 0.2) is 52.9 Å². The highest BCUT2D eigenvalue weighted by molar-refractivity contribution is 5.92. The third kappa shape index (κ3) is 4.88. The van der Waals surface area contributed by atoms with Gasteiger partial charge in [0.1, 0.15) is 5.82 Å². The highest BCUT2D eigenvalue weighted by atomic mass is 19.4. The number of carbonyl (C=O) groups is 1. The minimum absolute atomic E-state index is 0.123. The molecule has 1 aromatic heterocycles. The summed E-state index contributed by atoms with van der Waals surface area (Å²) >= 11 is 0. The number of urea groups is 1. The lowest BCUT2D eigenvalue weighted by molar-refractivity contribution is -0.156. The van der Waals surface area contributed by atoms with E-state index in [4.69, 9.17) is 4.74 Å². The van der Waals surface area contributed by atoms with E-state index >= 15 is 0 Å². The standard InChI is InChI=1S/C21H18F4N4O3/c22-16-2-1-3-17(12-16)29(20(30)28-8-10-31-11-9-28)13-14-4-6-15(7-5-14)18-26-27-19(32-18)21(23,24)25/h1-7,12H,8-11,13H2. The van der Waals surface area contributed by atoms with Crippen molar-refractivity contribution in [1.29, 1.82) is 0 Å². The van der Waals surface area contributed by atoms with Gasteiger partial charge in [-0.05, 0) is 35.9 Å². The van der Waals surface area contributed by atoms with E-state index in [9.17, 15) is 22.4 Å². The second-order valence-corrected chi connectivity index (χ2v) is 7.06. The first-order valence-corrected chi connectivity index (χ1v) is 9.71. The maximum atomic E-state index is 13.8. The molecule has 32 heavy (non-hydrogen) atoms. The fourth-order valence-electron chi connectivity index (χ4n) is 3.23. The van der Waals surface area contributed by atoms with Crippen molar-refractivity contribution in [2.24, 2.45) is 0 Å². The number of hydrogen-bond acceptors (Lipinski definition) is 5. The molecule has 1 saturated heterocycles. The second-order valence-electron chi connectivity index (χ2n) is 7.06. The summed E-state index contributed by atoms with van der Waals surface area (Å²) in [6.07, 6.45) is -4.73. The first-order chi connectivity index (χ1) is 15.3. The highest BCUT2D eigenvalue weighted by Gasteiger charge is 2.38. The van der Waals surface area contributed by atoms with Crippen LogP contribution < -0.4 is 4.90 Å². The minimum Gasteiger partial charge on any atom is -0.413 e. The van der Waals surface area contributed by atoms with E-state index in [0.717, 1.165) is 0 Å². The monoisotopic (exact) mass is 450 g/mol. The Morgan fingerprint density at radius 3 is 2.41 bits per heavy atom. The Balaban J connectivity index is 1.56. The molecule has 0 radical (unpaired) electrons. The van der Waals surface area contributed by atoms with Crippen LogP contribution in [0.3, 0.4) is 0 Å². The molecule has 1 fully saturated rings. The number of ether oxygens (including phenoxy) is 1. The van der Waals surface area contributed by atoms with Crippen molar-refractivity contribution in [3.63, 3.8) is 0 Å². The number of alkyl halides is 3. The molecule has 0 bridgehead atoms. The Morgan fingerprint density at radius 2 is 1.78 bits per heavy atom. The molecule has 2 aromatic carbocycles. The Bertz CT molecular complexity index is 1080. The van der Waals surface area contributed by atoms with Gasteiger partial charge < -0.3 is 14.1 Å². The molecule has 7 nitrogen and oxygen atoms in total. The normalized spacial score (nSPS) is 14.4. The van der Waals surface area contributed by atoms with E-state index in [1.807, 2.05) is 0 Å². The van der Waals surface area contributed by atoms with Crippen LogP contribution in [0.25, 0.3) is 11.5 Å². The van der Waals surface area contributed by atoms with Crippen molar-refractivity contribution in [2.45, 2.75) is 12.7 Å². The van der Waals surface area contributed by atoms with E-state index in [1.165, 1.54) is 35.2 Å². The first-order valence-electron chi connectivity index (χ1n) is 9.71. The van der Waals surface area contributed by atoms with Crippen LogP contribution in [0, 0.1) is 5.82 Å². The molecule has 3 aromatic rings. The van der Waals surface area contributed by atoms with Crippen molar-refractivity contribution in [1.82, 2.24) is 15.1 Å². The maximum Gasteiger partial charge on any atom is 0.470 e. The molecule has 168 valence electrons. The van der Waals surface area contributed by atoms with Gasteiger partial charge in [0, 0.05) is 24.3 Å². The molecule has 0 spiro atoms. The van der Waals surface area contributed by atoms with E-state index < -0.39 is 17.9 Å². The van der Waals surface area contributed by atoms with Crippen LogP contribution in [0.2, 0.25) is 0 Å². The van der Waals surface area contributed by atoms with Crippen LogP contribution in [0.4, 0.5) is 28.0 Å². The summed E-state index contributed by atoms with van der Waals surface area (Å²) in [5.74, 6) is -2.17. The third-order valence-corrected chi connectivity index (χ3v) is 4.84. The second kappa shape index (κ2) is 8.95. The third-order valence-electron chi connectivity index (χ3n) is 4.84. The lowest BCUT2D eigenvalue weighted by atomic mass is 10.1. The Labute approximate surface area is 180 Å². The molecule has 11 heteroatoms. The Morgan fingerprint density at radius 1 is 1.06 bits per heavy atom. The fraction of sp³-hybridized carbons (Fsp3) is 0.286. The summed E-state index contributed by atoms with van der Waals surface area (Å²) in [4.78, 5) is 16.2. The molecular weight excluding hydrogens is 432 g/mol. The van der Waals surface area contributed by atoms with Gasteiger partial charge in [-0.25, -0.2) is 9.18 Å². The molecule has 0 aliphatic carbocycles. The summed E-state index contributed by atoms with van der Waals surface area (Å²) in [5.41, 5.74) is 1.36. The van der Waals surface area contributed by atoms with E-state index in [2.05, 4.69) is 14.6 Å². The lowest BCUT2D eigenvalue weighted by Crippen LogP contribution is -2.48. The van der Waals surface area contributed by atoms with Gasteiger partial charge in [0.25, 0.3) is 0 Å². The number of rotatable bonds is 4. The van der Waals surface area contributed by atoms with Gasteiger partial charge in [0.15, 0.2) is 0 Å². The van der Waals surface area contributed by atoms with Crippen molar-refractivity contribution >= 4 is 11.7 Å². The molecule has 0 unspecified atom stereocenters. The molecule has 1 aliphatic rings. The van der Waals surface area contributed by atoms with Crippen LogP contribution >= 0.6 is 0 Å². The van der Waals surface area contributed by atoms with Crippen molar-refractivity contribution < 1.29 is 31.5 Å². The summed E-state index contributed by atoms with van der Waals surface area (Å²) in [5, 5.41) is 6.44. The molecule has 2 heterocycles. The number of anilines is 1. The number of halogens is 4. The summed E-state index contributed by atoms with van der Waals surface area (Å²) in [6.45, 7) is 1.80. The van der Waals surface area contributed by atoms with E-state index in [1.54, 1.807) is 23.1 Å². The first kappa shape index (κ1) is 21.8. The van der Waals surface area contributed by atoms with Crippen LogP contribution in [-0.2, 0) is 17.5 Å².